The molecule has 18 heavy (non-hydrogen) atoms. The Hall–Kier alpha value is -0.480. The van der Waals surface area contributed by atoms with Crippen molar-refractivity contribution in [1.82, 2.24) is 15.5 Å². The van der Waals surface area contributed by atoms with Gasteiger partial charge in [0.2, 0.25) is 0 Å². The van der Waals surface area contributed by atoms with E-state index in [9.17, 15) is 0 Å². The van der Waals surface area contributed by atoms with Crippen LogP contribution in [-0.2, 0) is 12.8 Å². The van der Waals surface area contributed by atoms with Gasteiger partial charge in [-0.05, 0) is 24.3 Å². The Labute approximate surface area is 115 Å². The van der Waals surface area contributed by atoms with E-state index < -0.39 is 0 Å². The average molecular weight is 269 g/mol. The molecule has 1 aromatic rings. The zero-order valence-electron chi connectivity index (χ0n) is 12.4. The van der Waals surface area contributed by atoms with Gasteiger partial charge in [0.05, 0.1) is 0 Å². The molecule has 0 aliphatic rings. The summed E-state index contributed by atoms with van der Waals surface area (Å²) in [5.74, 6) is 0.636. The molecule has 104 valence electrons. The Kier molecular flexibility index (Phi) is 6.22. The highest BCUT2D eigenvalue weighted by Gasteiger charge is 2.21. The molecular formula is C14H27N3S. The first kappa shape index (κ1) is 15.6. The first-order valence-corrected chi connectivity index (χ1v) is 7.77. The quantitative estimate of drug-likeness (QED) is 0.772. The summed E-state index contributed by atoms with van der Waals surface area (Å²) in [7, 11) is 0. The van der Waals surface area contributed by atoms with E-state index in [0.717, 1.165) is 30.9 Å². The normalized spacial score (nSPS) is 13.8. The van der Waals surface area contributed by atoms with Crippen molar-refractivity contribution in [2.75, 3.05) is 13.1 Å². The molecule has 0 saturated heterocycles. The summed E-state index contributed by atoms with van der Waals surface area (Å²) in [6.07, 6.45) is 3.23. The van der Waals surface area contributed by atoms with E-state index in [0.29, 0.717) is 11.3 Å². The number of rotatable bonds is 7. The van der Waals surface area contributed by atoms with Crippen molar-refractivity contribution in [2.24, 2.45) is 11.3 Å². The fourth-order valence-corrected chi connectivity index (χ4v) is 2.51. The summed E-state index contributed by atoms with van der Waals surface area (Å²) in [4.78, 5) is 0. The van der Waals surface area contributed by atoms with E-state index in [2.05, 4.69) is 50.1 Å². The second-order valence-corrected chi connectivity index (χ2v) is 7.21. The zero-order chi connectivity index (χ0) is 13.6. The van der Waals surface area contributed by atoms with Gasteiger partial charge >= 0.3 is 0 Å². The minimum absolute atomic E-state index is 0.342. The number of nitrogens with zero attached hydrogens (tertiary/aromatic N) is 2. The second-order valence-electron chi connectivity index (χ2n) is 6.06. The minimum Gasteiger partial charge on any atom is -0.316 e. The van der Waals surface area contributed by atoms with Crippen molar-refractivity contribution in [3.8, 4) is 0 Å². The molecule has 0 aliphatic carbocycles. The Morgan fingerprint density at radius 3 is 2.44 bits per heavy atom. The van der Waals surface area contributed by atoms with Crippen LogP contribution in [0.15, 0.2) is 0 Å². The van der Waals surface area contributed by atoms with Crippen molar-refractivity contribution in [2.45, 2.75) is 53.9 Å². The third-order valence-corrected chi connectivity index (χ3v) is 4.42. The standard InChI is InChI=1S/C14H27N3S/c1-6-8-15-9-7-12-16-17-13(18-12)10-11(2)14(3,4)5/h11,15H,6-10H2,1-5H3. The third kappa shape index (κ3) is 5.44. The summed E-state index contributed by atoms with van der Waals surface area (Å²) in [6.45, 7) is 13.4. The molecule has 0 bridgehead atoms. The molecule has 0 aromatic carbocycles. The summed E-state index contributed by atoms with van der Waals surface area (Å²) >= 11 is 1.77. The SMILES string of the molecule is CCCNCCc1nnc(CC(C)C(C)(C)C)s1. The first-order chi connectivity index (χ1) is 8.43. The molecule has 1 atom stereocenters. The molecule has 1 unspecified atom stereocenters. The van der Waals surface area contributed by atoms with Crippen molar-refractivity contribution >= 4 is 11.3 Å². The Morgan fingerprint density at radius 2 is 1.83 bits per heavy atom. The zero-order valence-corrected chi connectivity index (χ0v) is 13.2. The molecule has 0 amide bonds. The van der Waals surface area contributed by atoms with Crippen LogP contribution in [0.4, 0.5) is 0 Å². The van der Waals surface area contributed by atoms with E-state index in [1.165, 1.54) is 11.4 Å². The van der Waals surface area contributed by atoms with Crippen LogP contribution in [0.25, 0.3) is 0 Å². The third-order valence-electron chi connectivity index (χ3n) is 3.41. The smallest absolute Gasteiger partial charge is 0.118 e. The van der Waals surface area contributed by atoms with Crippen LogP contribution in [0.2, 0.25) is 0 Å². The van der Waals surface area contributed by atoms with Gasteiger partial charge in [0, 0.05) is 19.4 Å². The molecule has 0 fully saturated rings. The fraction of sp³-hybridized carbons (Fsp3) is 0.857. The van der Waals surface area contributed by atoms with Crippen LogP contribution >= 0.6 is 11.3 Å². The van der Waals surface area contributed by atoms with Gasteiger partial charge in [0.25, 0.3) is 0 Å². The number of hydrogen-bond acceptors (Lipinski definition) is 4. The Balaban J connectivity index is 2.39. The maximum absolute atomic E-state index is 4.31. The lowest BCUT2D eigenvalue weighted by molar-refractivity contribution is 0.259. The number of aromatic nitrogens is 2. The summed E-state index contributed by atoms with van der Waals surface area (Å²) in [5, 5.41) is 14.3. The molecule has 0 aliphatic heterocycles. The fourth-order valence-electron chi connectivity index (χ4n) is 1.54. The molecule has 1 N–H and O–H groups in total. The van der Waals surface area contributed by atoms with Gasteiger partial charge in [-0.25, -0.2) is 0 Å². The predicted octanol–water partition coefficient (Wildman–Crippen LogP) is 3.30. The lowest BCUT2D eigenvalue weighted by atomic mass is 9.80. The predicted molar refractivity (Wildman–Crippen MR) is 79.1 cm³/mol. The minimum atomic E-state index is 0.342. The second kappa shape index (κ2) is 7.19. The molecular weight excluding hydrogens is 242 g/mol. The van der Waals surface area contributed by atoms with Crippen molar-refractivity contribution in [3.05, 3.63) is 10.0 Å². The van der Waals surface area contributed by atoms with Crippen molar-refractivity contribution in [3.63, 3.8) is 0 Å². The molecule has 0 saturated carbocycles. The van der Waals surface area contributed by atoms with Crippen LogP contribution in [-0.4, -0.2) is 23.3 Å². The Bertz CT molecular complexity index is 341. The molecule has 3 nitrogen and oxygen atoms in total. The van der Waals surface area contributed by atoms with Gasteiger partial charge in [-0.3, -0.25) is 0 Å². The van der Waals surface area contributed by atoms with Gasteiger partial charge in [-0.15, -0.1) is 21.5 Å². The van der Waals surface area contributed by atoms with Crippen molar-refractivity contribution < 1.29 is 0 Å². The molecule has 0 spiro atoms. The van der Waals surface area contributed by atoms with E-state index in [4.69, 9.17) is 0 Å². The molecule has 1 aromatic heterocycles. The van der Waals surface area contributed by atoms with Gasteiger partial charge < -0.3 is 5.32 Å². The maximum Gasteiger partial charge on any atom is 0.118 e. The molecule has 0 radical (unpaired) electrons. The summed E-state index contributed by atoms with van der Waals surface area (Å²) < 4.78 is 0. The van der Waals surface area contributed by atoms with Crippen LogP contribution in [0, 0.1) is 11.3 Å². The largest absolute Gasteiger partial charge is 0.316 e. The average Bonchev–Trinajstić information content (AvgIpc) is 2.71. The first-order valence-electron chi connectivity index (χ1n) is 6.95. The Morgan fingerprint density at radius 1 is 1.17 bits per heavy atom. The highest BCUT2D eigenvalue weighted by molar-refractivity contribution is 7.11. The van der Waals surface area contributed by atoms with Gasteiger partial charge in [0.15, 0.2) is 0 Å². The van der Waals surface area contributed by atoms with Crippen LogP contribution < -0.4 is 5.32 Å². The highest BCUT2D eigenvalue weighted by atomic mass is 32.1. The summed E-state index contributed by atoms with van der Waals surface area (Å²) in [5.41, 5.74) is 0.342. The molecule has 4 heteroatoms. The lowest BCUT2D eigenvalue weighted by Crippen LogP contribution is -2.19. The van der Waals surface area contributed by atoms with E-state index in [1.807, 2.05) is 0 Å². The van der Waals surface area contributed by atoms with Gasteiger partial charge in [0.1, 0.15) is 10.0 Å². The number of nitrogens with one attached hydrogen (secondary N) is 1. The van der Waals surface area contributed by atoms with Gasteiger partial charge in [-0.2, -0.15) is 0 Å². The monoisotopic (exact) mass is 269 g/mol. The van der Waals surface area contributed by atoms with Crippen molar-refractivity contribution in [1.29, 1.82) is 0 Å². The summed E-state index contributed by atoms with van der Waals surface area (Å²) in [6, 6.07) is 0. The van der Waals surface area contributed by atoms with Crippen LogP contribution in [0.1, 0.15) is 51.1 Å². The van der Waals surface area contributed by atoms with E-state index in [1.54, 1.807) is 11.3 Å². The van der Waals surface area contributed by atoms with E-state index >= 15 is 0 Å². The number of hydrogen-bond donors (Lipinski definition) is 1. The highest BCUT2D eigenvalue weighted by Crippen LogP contribution is 2.29. The van der Waals surface area contributed by atoms with E-state index in [-0.39, 0.29) is 0 Å². The maximum atomic E-state index is 4.31. The van der Waals surface area contributed by atoms with Gasteiger partial charge in [-0.1, -0.05) is 34.6 Å². The topological polar surface area (TPSA) is 37.8 Å². The molecule has 1 rings (SSSR count). The van der Waals surface area contributed by atoms with Crippen LogP contribution in [0.5, 0.6) is 0 Å². The lowest BCUT2D eigenvalue weighted by Gasteiger charge is -2.26. The van der Waals surface area contributed by atoms with Crippen LogP contribution in [0.3, 0.4) is 0 Å². The molecule has 1 heterocycles.